The first-order valence-electron chi connectivity index (χ1n) is 5.26. The molecule has 0 saturated heterocycles. The molecule has 1 amide bonds. The highest BCUT2D eigenvalue weighted by molar-refractivity contribution is 5.99. The van der Waals surface area contributed by atoms with Gasteiger partial charge < -0.3 is 14.9 Å². The number of carbonyl (C=O) groups is 2. The molecule has 1 aromatic carbocycles. The molecule has 0 fully saturated rings. The average Bonchev–Trinajstić information content (AvgIpc) is 2.91. The molecule has 18 heavy (non-hydrogen) atoms. The summed E-state index contributed by atoms with van der Waals surface area (Å²) >= 11 is 0. The summed E-state index contributed by atoms with van der Waals surface area (Å²) < 4.78 is 4.96. The molecule has 1 aliphatic heterocycles. The van der Waals surface area contributed by atoms with Gasteiger partial charge in [-0.25, -0.2) is 4.79 Å². The Morgan fingerprint density at radius 2 is 2.22 bits per heavy atom. The lowest BCUT2D eigenvalue weighted by Gasteiger charge is -2.00. The topological polar surface area (TPSA) is 92.4 Å². The van der Waals surface area contributed by atoms with Crippen LogP contribution >= 0.6 is 0 Å². The number of anilines is 1. The predicted octanol–water partition coefficient (Wildman–Crippen LogP) is 1.53. The Bertz CT molecular complexity index is 660. The Morgan fingerprint density at radius 3 is 2.94 bits per heavy atom. The van der Waals surface area contributed by atoms with E-state index in [0.717, 1.165) is 11.3 Å². The van der Waals surface area contributed by atoms with E-state index in [4.69, 9.17) is 9.63 Å². The average molecular weight is 244 g/mol. The Kier molecular flexibility index (Phi) is 2.16. The minimum Gasteiger partial charge on any atom is -0.476 e. The summed E-state index contributed by atoms with van der Waals surface area (Å²) in [6.45, 7) is 0. The van der Waals surface area contributed by atoms with Crippen molar-refractivity contribution in [3.63, 3.8) is 0 Å². The van der Waals surface area contributed by atoms with Crippen LogP contribution in [0, 0.1) is 0 Å². The highest BCUT2D eigenvalue weighted by Crippen LogP contribution is 2.29. The number of rotatable bonds is 2. The van der Waals surface area contributed by atoms with E-state index < -0.39 is 5.97 Å². The van der Waals surface area contributed by atoms with E-state index in [1.807, 2.05) is 0 Å². The molecule has 1 aliphatic rings. The highest BCUT2D eigenvalue weighted by Gasteiger charge is 2.19. The van der Waals surface area contributed by atoms with Gasteiger partial charge in [-0.15, -0.1) is 0 Å². The number of hydrogen-bond donors (Lipinski definition) is 2. The van der Waals surface area contributed by atoms with Gasteiger partial charge in [0.1, 0.15) is 0 Å². The van der Waals surface area contributed by atoms with E-state index in [1.54, 1.807) is 18.2 Å². The molecule has 0 aliphatic carbocycles. The molecule has 90 valence electrons. The summed E-state index contributed by atoms with van der Waals surface area (Å²) in [5, 5.41) is 14.9. The summed E-state index contributed by atoms with van der Waals surface area (Å²) in [5.41, 5.74) is 2.21. The molecule has 0 atom stereocenters. The lowest BCUT2D eigenvalue weighted by atomic mass is 10.1. The van der Waals surface area contributed by atoms with Gasteiger partial charge in [-0.2, -0.15) is 0 Å². The minimum absolute atomic E-state index is 0.0501. The molecular weight excluding hydrogens is 236 g/mol. The molecule has 0 spiro atoms. The monoisotopic (exact) mass is 244 g/mol. The SMILES string of the molecule is O=C1Cc2cc(-c3cc(C(=O)O)no3)ccc2N1. The van der Waals surface area contributed by atoms with E-state index in [-0.39, 0.29) is 11.6 Å². The third kappa shape index (κ3) is 1.64. The van der Waals surface area contributed by atoms with Crippen molar-refractivity contribution in [2.24, 2.45) is 0 Å². The first-order valence-corrected chi connectivity index (χ1v) is 5.26. The van der Waals surface area contributed by atoms with E-state index in [9.17, 15) is 9.59 Å². The number of aromatic nitrogens is 1. The second kappa shape index (κ2) is 3.69. The second-order valence-corrected chi connectivity index (χ2v) is 3.98. The number of benzene rings is 1. The number of nitrogens with one attached hydrogen (secondary N) is 1. The van der Waals surface area contributed by atoms with Crippen LogP contribution in [-0.4, -0.2) is 22.1 Å². The Labute approximate surface area is 101 Å². The standard InChI is InChI=1S/C12H8N2O4/c15-11-4-7-3-6(1-2-8(7)13-11)10-5-9(12(16)17)14-18-10/h1-3,5H,4H2,(H,13,15)(H,16,17). The van der Waals surface area contributed by atoms with Gasteiger partial charge in [0.15, 0.2) is 11.5 Å². The van der Waals surface area contributed by atoms with Crippen LogP contribution in [0.2, 0.25) is 0 Å². The largest absolute Gasteiger partial charge is 0.476 e. The molecule has 6 heteroatoms. The van der Waals surface area contributed by atoms with E-state index in [0.29, 0.717) is 17.7 Å². The molecule has 0 bridgehead atoms. The van der Waals surface area contributed by atoms with Gasteiger partial charge in [-0.1, -0.05) is 5.16 Å². The third-order valence-corrected chi connectivity index (χ3v) is 2.74. The van der Waals surface area contributed by atoms with Gasteiger partial charge in [0.25, 0.3) is 0 Å². The van der Waals surface area contributed by atoms with Crippen LogP contribution in [0.4, 0.5) is 5.69 Å². The number of carboxylic acid groups (broad SMARTS) is 1. The van der Waals surface area contributed by atoms with Crippen molar-refractivity contribution >= 4 is 17.6 Å². The van der Waals surface area contributed by atoms with Crippen molar-refractivity contribution in [2.45, 2.75) is 6.42 Å². The van der Waals surface area contributed by atoms with Crippen LogP contribution in [0.15, 0.2) is 28.8 Å². The Balaban J connectivity index is 2.00. The van der Waals surface area contributed by atoms with Gasteiger partial charge in [0.05, 0.1) is 6.42 Å². The zero-order valence-corrected chi connectivity index (χ0v) is 9.14. The molecule has 3 rings (SSSR count). The van der Waals surface area contributed by atoms with Crippen LogP contribution in [0.5, 0.6) is 0 Å². The molecule has 1 aromatic heterocycles. The molecule has 2 aromatic rings. The molecule has 6 nitrogen and oxygen atoms in total. The van der Waals surface area contributed by atoms with Gasteiger partial charge in [-0.05, 0) is 23.8 Å². The summed E-state index contributed by atoms with van der Waals surface area (Å²) in [4.78, 5) is 21.9. The zero-order valence-electron chi connectivity index (χ0n) is 9.14. The number of nitrogens with zero attached hydrogens (tertiary/aromatic N) is 1. The first-order chi connectivity index (χ1) is 8.63. The summed E-state index contributed by atoms with van der Waals surface area (Å²) in [6.07, 6.45) is 0.323. The molecule has 0 radical (unpaired) electrons. The van der Waals surface area contributed by atoms with Crippen molar-refractivity contribution in [3.8, 4) is 11.3 Å². The van der Waals surface area contributed by atoms with Crippen molar-refractivity contribution < 1.29 is 19.2 Å². The van der Waals surface area contributed by atoms with Gasteiger partial charge in [-0.3, -0.25) is 4.79 Å². The predicted molar refractivity (Wildman–Crippen MR) is 61.2 cm³/mol. The number of aromatic carboxylic acids is 1. The van der Waals surface area contributed by atoms with Crippen LogP contribution in [0.25, 0.3) is 11.3 Å². The number of hydrogen-bond acceptors (Lipinski definition) is 4. The number of amides is 1. The van der Waals surface area contributed by atoms with Crippen molar-refractivity contribution in [2.75, 3.05) is 5.32 Å². The van der Waals surface area contributed by atoms with Crippen molar-refractivity contribution in [1.29, 1.82) is 0 Å². The Hall–Kier alpha value is -2.63. The van der Waals surface area contributed by atoms with Gasteiger partial charge in [0, 0.05) is 17.3 Å². The smallest absolute Gasteiger partial charge is 0.358 e. The summed E-state index contributed by atoms with van der Waals surface area (Å²) in [6, 6.07) is 6.66. The maximum atomic E-state index is 11.2. The van der Waals surface area contributed by atoms with E-state index in [1.165, 1.54) is 6.07 Å². The maximum absolute atomic E-state index is 11.2. The molecule has 0 unspecified atom stereocenters. The van der Waals surface area contributed by atoms with E-state index >= 15 is 0 Å². The number of carbonyl (C=O) groups excluding carboxylic acids is 1. The van der Waals surface area contributed by atoms with Gasteiger partial charge in [0.2, 0.25) is 5.91 Å². The minimum atomic E-state index is -1.14. The molecule has 2 N–H and O–H groups in total. The first kappa shape index (κ1) is 10.5. The van der Waals surface area contributed by atoms with E-state index in [2.05, 4.69) is 10.5 Å². The lowest BCUT2D eigenvalue weighted by Crippen LogP contribution is -2.03. The Morgan fingerprint density at radius 1 is 1.39 bits per heavy atom. The molecular formula is C12H8N2O4. The fourth-order valence-corrected chi connectivity index (χ4v) is 1.89. The highest BCUT2D eigenvalue weighted by atomic mass is 16.5. The molecule has 0 saturated carbocycles. The third-order valence-electron chi connectivity index (χ3n) is 2.74. The summed E-state index contributed by atoms with van der Waals surface area (Å²) in [5.74, 6) is -0.816. The number of fused-ring (bicyclic) bond motifs is 1. The normalized spacial score (nSPS) is 13.2. The second-order valence-electron chi connectivity index (χ2n) is 3.98. The van der Waals surface area contributed by atoms with Crippen molar-refractivity contribution in [1.82, 2.24) is 5.16 Å². The fraction of sp³-hybridized carbons (Fsp3) is 0.0833. The van der Waals surface area contributed by atoms with Crippen LogP contribution in [-0.2, 0) is 11.2 Å². The quantitative estimate of drug-likeness (QED) is 0.835. The van der Waals surface area contributed by atoms with Crippen LogP contribution in [0.3, 0.4) is 0 Å². The fourth-order valence-electron chi connectivity index (χ4n) is 1.89. The lowest BCUT2D eigenvalue weighted by molar-refractivity contribution is -0.115. The van der Waals surface area contributed by atoms with Crippen LogP contribution < -0.4 is 5.32 Å². The van der Waals surface area contributed by atoms with Crippen molar-refractivity contribution in [3.05, 3.63) is 35.5 Å². The molecule has 2 heterocycles. The van der Waals surface area contributed by atoms with Crippen LogP contribution in [0.1, 0.15) is 16.1 Å². The maximum Gasteiger partial charge on any atom is 0.358 e. The van der Waals surface area contributed by atoms with Gasteiger partial charge >= 0.3 is 5.97 Å². The summed E-state index contributed by atoms with van der Waals surface area (Å²) in [7, 11) is 0. The zero-order chi connectivity index (χ0) is 12.7. The number of carboxylic acids is 1.